The molecule has 1 aliphatic heterocycles. The van der Waals surface area contributed by atoms with Crippen LogP contribution >= 0.6 is 0 Å². The van der Waals surface area contributed by atoms with Gasteiger partial charge in [0.2, 0.25) is 0 Å². The Morgan fingerprint density at radius 1 is 0.886 bits per heavy atom. The first-order valence-corrected chi connectivity index (χ1v) is 12.4. The molecule has 1 aromatic heterocycles. The molecule has 1 fully saturated rings. The average Bonchev–Trinajstić information content (AvgIpc) is 2.85. The standard InChI is InChI=1S/C29H36N4O2/c1-19(2)24-8-7-20(3)15-27(24)35-18-29(34)33-13-11-32(12-14-33)28-10-9-26(30-31-28)25-17-22(5)21(4)16-23(25)6/h7-10,15-17,19H,11-14,18H2,1-6H3. The van der Waals surface area contributed by atoms with Crippen molar-refractivity contribution in [2.75, 3.05) is 37.7 Å². The van der Waals surface area contributed by atoms with E-state index >= 15 is 0 Å². The van der Waals surface area contributed by atoms with Crippen molar-refractivity contribution in [3.05, 3.63) is 70.3 Å². The molecule has 1 amide bonds. The molecule has 2 heterocycles. The summed E-state index contributed by atoms with van der Waals surface area (Å²) in [6.45, 7) is 15.5. The Morgan fingerprint density at radius 3 is 2.26 bits per heavy atom. The van der Waals surface area contributed by atoms with Crippen molar-refractivity contribution >= 4 is 11.7 Å². The van der Waals surface area contributed by atoms with Gasteiger partial charge >= 0.3 is 0 Å². The van der Waals surface area contributed by atoms with E-state index < -0.39 is 0 Å². The van der Waals surface area contributed by atoms with Gasteiger partial charge in [-0.05, 0) is 85.7 Å². The molecule has 0 radical (unpaired) electrons. The first-order chi connectivity index (χ1) is 16.7. The second-order valence-electron chi connectivity index (χ2n) is 9.88. The van der Waals surface area contributed by atoms with E-state index in [4.69, 9.17) is 4.74 Å². The van der Waals surface area contributed by atoms with Gasteiger partial charge in [-0.25, -0.2) is 0 Å². The molecule has 0 atom stereocenters. The number of amides is 1. The molecule has 0 saturated carbocycles. The van der Waals surface area contributed by atoms with Gasteiger partial charge in [-0.3, -0.25) is 4.79 Å². The Kier molecular flexibility index (Phi) is 7.39. The van der Waals surface area contributed by atoms with Crippen LogP contribution in [0.4, 0.5) is 5.82 Å². The van der Waals surface area contributed by atoms with Gasteiger partial charge in [0.1, 0.15) is 5.75 Å². The highest BCUT2D eigenvalue weighted by atomic mass is 16.5. The number of rotatable bonds is 6. The monoisotopic (exact) mass is 472 g/mol. The summed E-state index contributed by atoms with van der Waals surface area (Å²) in [5.41, 5.74) is 8.01. The molecule has 0 aliphatic carbocycles. The van der Waals surface area contributed by atoms with Crippen LogP contribution in [0.5, 0.6) is 5.75 Å². The van der Waals surface area contributed by atoms with Crippen LogP contribution < -0.4 is 9.64 Å². The molecule has 1 saturated heterocycles. The predicted molar refractivity (Wildman–Crippen MR) is 141 cm³/mol. The predicted octanol–water partition coefficient (Wildman–Crippen LogP) is 5.23. The zero-order valence-corrected chi connectivity index (χ0v) is 21.8. The van der Waals surface area contributed by atoms with E-state index in [-0.39, 0.29) is 12.5 Å². The molecule has 0 bridgehead atoms. The Morgan fingerprint density at radius 2 is 1.60 bits per heavy atom. The molecule has 6 heteroatoms. The summed E-state index contributed by atoms with van der Waals surface area (Å²) in [6, 6.07) is 14.6. The molecule has 2 aromatic carbocycles. The van der Waals surface area contributed by atoms with Crippen LogP contribution in [0.1, 0.15) is 47.6 Å². The number of aromatic nitrogens is 2. The maximum Gasteiger partial charge on any atom is 0.260 e. The minimum Gasteiger partial charge on any atom is -0.483 e. The Labute approximate surface area is 208 Å². The van der Waals surface area contributed by atoms with Crippen molar-refractivity contribution in [1.82, 2.24) is 15.1 Å². The number of hydrogen-bond acceptors (Lipinski definition) is 5. The fraction of sp³-hybridized carbons (Fsp3) is 0.414. The van der Waals surface area contributed by atoms with Crippen molar-refractivity contribution in [1.29, 1.82) is 0 Å². The average molecular weight is 473 g/mol. The van der Waals surface area contributed by atoms with Gasteiger partial charge in [0, 0.05) is 31.7 Å². The molecular formula is C29H36N4O2. The summed E-state index contributed by atoms with van der Waals surface area (Å²) in [7, 11) is 0. The van der Waals surface area contributed by atoms with E-state index in [9.17, 15) is 4.79 Å². The third kappa shape index (κ3) is 5.64. The lowest BCUT2D eigenvalue weighted by Gasteiger charge is -2.35. The number of carbonyl (C=O) groups is 1. The van der Waals surface area contributed by atoms with E-state index in [1.54, 1.807) is 0 Å². The minimum atomic E-state index is 0.0208. The van der Waals surface area contributed by atoms with Crippen LogP contribution in [0.15, 0.2) is 42.5 Å². The molecule has 0 spiro atoms. The van der Waals surface area contributed by atoms with Crippen LogP contribution in [0.3, 0.4) is 0 Å². The summed E-state index contributed by atoms with van der Waals surface area (Å²) in [5.74, 6) is 2.02. The van der Waals surface area contributed by atoms with Gasteiger partial charge in [0.25, 0.3) is 5.91 Å². The molecule has 0 N–H and O–H groups in total. The van der Waals surface area contributed by atoms with Crippen molar-refractivity contribution in [3.8, 4) is 17.0 Å². The summed E-state index contributed by atoms with van der Waals surface area (Å²) < 4.78 is 5.96. The number of anilines is 1. The third-order valence-corrected chi connectivity index (χ3v) is 6.87. The number of carbonyl (C=O) groups excluding carboxylic acids is 1. The van der Waals surface area contributed by atoms with Crippen LogP contribution in [0, 0.1) is 27.7 Å². The quantitative estimate of drug-likeness (QED) is 0.492. The van der Waals surface area contributed by atoms with Crippen LogP contribution in [-0.2, 0) is 4.79 Å². The van der Waals surface area contributed by atoms with E-state index in [0.29, 0.717) is 19.0 Å². The number of benzene rings is 2. The molecule has 0 unspecified atom stereocenters. The highest BCUT2D eigenvalue weighted by Gasteiger charge is 2.23. The summed E-state index contributed by atoms with van der Waals surface area (Å²) in [6.07, 6.45) is 0. The number of ether oxygens (including phenoxy) is 1. The van der Waals surface area contributed by atoms with Crippen molar-refractivity contribution < 1.29 is 9.53 Å². The maximum absolute atomic E-state index is 12.8. The van der Waals surface area contributed by atoms with Crippen LogP contribution in [-0.4, -0.2) is 53.8 Å². The maximum atomic E-state index is 12.8. The van der Waals surface area contributed by atoms with E-state index in [0.717, 1.165) is 47.0 Å². The van der Waals surface area contributed by atoms with Gasteiger partial charge in [-0.2, -0.15) is 0 Å². The van der Waals surface area contributed by atoms with E-state index in [1.807, 2.05) is 30.0 Å². The lowest BCUT2D eigenvalue weighted by molar-refractivity contribution is -0.133. The van der Waals surface area contributed by atoms with Crippen LogP contribution in [0.25, 0.3) is 11.3 Å². The van der Waals surface area contributed by atoms with Gasteiger partial charge in [0.15, 0.2) is 12.4 Å². The van der Waals surface area contributed by atoms with Crippen molar-refractivity contribution in [2.45, 2.75) is 47.5 Å². The summed E-state index contributed by atoms with van der Waals surface area (Å²) in [5, 5.41) is 9.01. The highest BCUT2D eigenvalue weighted by molar-refractivity contribution is 5.78. The summed E-state index contributed by atoms with van der Waals surface area (Å²) >= 11 is 0. The number of hydrogen-bond donors (Lipinski definition) is 0. The molecule has 3 aromatic rings. The van der Waals surface area contributed by atoms with E-state index in [2.05, 4.69) is 74.0 Å². The molecule has 4 rings (SSSR count). The lowest BCUT2D eigenvalue weighted by atomic mass is 9.99. The first-order valence-electron chi connectivity index (χ1n) is 12.4. The van der Waals surface area contributed by atoms with Gasteiger partial charge in [-0.1, -0.05) is 32.0 Å². The smallest absolute Gasteiger partial charge is 0.260 e. The zero-order chi connectivity index (χ0) is 25.1. The normalized spacial score (nSPS) is 13.9. The lowest BCUT2D eigenvalue weighted by Crippen LogP contribution is -2.50. The van der Waals surface area contributed by atoms with Crippen LogP contribution in [0.2, 0.25) is 0 Å². The Bertz CT molecular complexity index is 1200. The molecular weight excluding hydrogens is 436 g/mol. The van der Waals surface area contributed by atoms with Gasteiger partial charge in [0.05, 0.1) is 5.69 Å². The zero-order valence-electron chi connectivity index (χ0n) is 21.8. The fourth-order valence-electron chi connectivity index (χ4n) is 4.53. The SMILES string of the molecule is Cc1ccc(C(C)C)c(OCC(=O)N2CCN(c3ccc(-c4cc(C)c(C)cc4C)nn3)CC2)c1. The Hall–Kier alpha value is -3.41. The highest BCUT2D eigenvalue weighted by Crippen LogP contribution is 2.28. The largest absolute Gasteiger partial charge is 0.483 e. The first kappa shape index (κ1) is 24.7. The number of aryl methyl sites for hydroxylation is 4. The Balaban J connectivity index is 1.34. The number of nitrogens with zero attached hydrogens (tertiary/aromatic N) is 4. The molecule has 184 valence electrons. The topological polar surface area (TPSA) is 58.6 Å². The number of piperazine rings is 1. The van der Waals surface area contributed by atoms with E-state index in [1.165, 1.54) is 16.7 Å². The summed E-state index contributed by atoms with van der Waals surface area (Å²) in [4.78, 5) is 16.9. The third-order valence-electron chi connectivity index (χ3n) is 6.87. The molecule has 6 nitrogen and oxygen atoms in total. The second-order valence-corrected chi connectivity index (χ2v) is 9.88. The molecule has 35 heavy (non-hydrogen) atoms. The van der Waals surface area contributed by atoms with Crippen molar-refractivity contribution in [2.24, 2.45) is 0 Å². The molecule has 1 aliphatic rings. The minimum absolute atomic E-state index is 0.0208. The fourth-order valence-corrected chi connectivity index (χ4v) is 4.53. The van der Waals surface area contributed by atoms with Gasteiger partial charge in [-0.15, -0.1) is 10.2 Å². The van der Waals surface area contributed by atoms with Gasteiger partial charge < -0.3 is 14.5 Å². The van der Waals surface area contributed by atoms with Crippen molar-refractivity contribution in [3.63, 3.8) is 0 Å². The second kappa shape index (κ2) is 10.5.